The van der Waals surface area contributed by atoms with E-state index in [-0.39, 0.29) is 0 Å². The number of ether oxygens (including phenoxy) is 1. The minimum atomic E-state index is 0.348. The van der Waals surface area contributed by atoms with Crippen LogP contribution in [-0.2, 0) is 13.1 Å². The topological polar surface area (TPSA) is 76.3 Å². The highest BCUT2D eigenvalue weighted by molar-refractivity contribution is 5.30. The van der Waals surface area contributed by atoms with Crippen LogP contribution in [0, 0.1) is 0 Å². The number of hydrogen-bond donors (Lipinski definition) is 1. The van der Waals surface area contributed by atoms with Crippen LogP contribution < -0.4 is 4.74 Å². The second-order valence-electron chi connectivity index (χ2n) is 7.21. The number of piperidine rings is 1. The van der Waals surface area contributed by atoms with E-state index in [0.29, 0.717) is 18.2 Å². The van der Waals surface area contributed by atoms with E-state index in [1.807, 2.05) is 30.5 Å². The molecular weight excluding hydrogens is 354 g/mol. The third-order valence-electron chi connectivity index (χ3n) is 5.28. The fourth-order valence-corrected chi connectivity index (χ4v) is 3.80. The number of rotatable bonds is 6. The van der Waals surface area contributed by atoms with E-state index < -0.39 is 0 Å². The predicted octanol–water partition coefficient (Wildman–Crippen LogP) is 2.82. The number of benzene rings is 1. The van der Waals surface area contributed by atoms with Gasteiger partial charge in [-0.3, -0.25) is 9.88 Å². The Labute approximate surface area is 164 Å². The number of likely N-dealkylation sites (tertiary alicyclic amines) is 1. The number of phenols is 1. The molecule has 0 radical (unpaired) electrons. The first kappa shape index (κ1) is 18.4. The highest BCUT2D eigenvalue weighted by atomic mass is 16.5. The zero-order valence-corrected chi connectivity index (χ0v) is 16.0. The zero-order valence-electron chi connectivity index (χ0n) is 16.0. The normalized spacial score (nSPS) is 15.6. The van der Waals surface area contributed by atoms with E-state index in [1.54, 1.807) is 24.1 Å². The molecule has 7 nitrogen and oxygen atoms in total. The number of hydrogen-bond acceptors (Lipinski definition) is 6. The van der Waals surface area contributed by atoms with Crippen LogP contribution in [0.1, 0.15) is 35.7 Å². The highest BCUT2D eigenvalue weighted by Gasteiger charge is 2.21. The van der Waals surface area contributed by atoms with Gasteiger partial charge in [-0.05, 0) is 61.7 Å². The summed E-state index contributed by atoms with van der Waals surface area (Å²) < 4.78 is 7.16. The van der Waals surface area contributed by atoms with E-state index in [0.717, 1.165) is 49.6 Å². The van der Waals surface area contributed by atoms with Gasteiger partial charge in [0.25, 0.3) is 0 Å². The molecule has 7 heteroatoms. The molecule has 3 aromatic rings. The minimum absolute atomic E-state index is 0.348. The molecule has 1 saturated heterocycles. The van der Waals surface area contributed by atoms with E-state index >= 15 is 0 Å². The monoisotopic (exact) mass is 379 g/mol. The molecule has 0 bridgehead atoms. The highest BCUT2D eigenvalue weighted by Crippen LogP contribution is 2.30. The maximum Gasteiger partial charge on any atom is 0.142 e. The predicted molar refractivity (Wildman–Crippen MR) is 105 cm³/mol. The number of methoxy groups -OCH3 is 1. The summed E-state index contributed by atoms with van der Waals surface area (Å²) in [6.45, 7) is 3.37. The summed E-state index contributed by atoms with van der Waals surface area (Å²) in [6, 6.07) is 11.4. The van der Waals surface area contributed by atoms with Gasteiger partial charge in [0.1, 0.15) is 17.2 Å². The molecule has 0 saturated carbocycles. The molecule has 2 aromatic heterocycles. The number of aromatic hydroxyl groups is 1. The van der Waals surface area contributed by atoms with Gasteiger partial charge >= 0.3 is 0 Å². The van der Waals surface area contributed by atoms with Crippen molar-refractivity contribution < 1.29 is 9.84 Å². The molecule has 0 atom stereocenters. The van der Waals surface area contributed by atoms with Crippen molar-refractivity contribution >= 4 is 0 Å². The SMILES string of the molecule is COc1cccnc1Cn1cc(CN2CCC(c3cccc(O)c3)CC2)nn1. The van der Waals surface area contributed by atoms with Gasteiger partial charge < -0.3 is 9.84 Å². The largest absolute Gasteiger partial charge is 0.508 e. The lowest BCUT2D eigenvalue weighted by Gasteiger charge is -2.31. The summed E-state index contributed by atoms with van der Waals surface area (Å²) in [6.07, 6.45) is 5.91. The maximum absolute atomic E-state index is 9.69. The number of pyridine rings is 1. The first-order valence-corrected chi connectivity index (χ1v) is 9.59. The van der Waals surface area contributed by atoms with Gasteiger partial charge in [-0.25, -0.2) is 4.68 Å². The van der Waals surface area contributed by atoms with Crippen molar-refractivity contribution in [1.29, 1.82) is 0 Å². The average molecular weight is 379 g/mol. The van der Waals surface area contributed by atoms with Gasteiger partial charge in [-0.2, -0.15) is 0 Å². The van der Waals surface area contributed by atoms with Gasteiger partial charge in [0, 0.05) is 12.7 Å². The first-order chi connectivity index (χ1) is 13.7. The second kappa shape index (κ2) is 8.39. The molecule has 1 fully saturated rings. The van der Waals surface area contributed by atoms with Crippen molar-refractivity contribution in [3.05, 3.63) is 65.7 Å². The lowest BCUT2D eigenvalue weighted by atomic mass is 9.89. The van der Waals surface area contributed by atoms with E-state index in [2.05, 4.69) is 26.3 Å². The molecule has 1 aliphatic heterocycles. The van der Waals surface area contributed by atoms with Gasteiger partial charge in [0.2, 0.25) is 0 Å². The van der Waals surface area contributed by atoms with Crippen LogP contribution in [0.25, 0.3) is 0 Å². The molecule has 4 rings (SSSR count). The Hall–Kier alpha value is -2.93. The molecule has 0 unspecified atom stereocenters. The summed E-state index contributed by atoms with van der Waals surface area (Å²) in [5.74, 6) is 1.62. The van der Waals surface area contributed by atoms with Gasteiger partial charge in [0.05, 0.1) is 25.5 Å². The Balaban J connectivity index is 1.32. The van der Waals surface area contributed by atoms with Crippen LogP contribution in [-0.4, -0.2) is 50.2 Å². The van der Waals surface area contributed by atoms with E-state index in [9.17, 15) is 5.11 Å². The molecule has 28 heavy (non-hydrogen) atoms. The average Bonchev–Trinajstić information content (AvgIpc) is 3.16. The number of nitrogens with zero attached hydrogens (tertiary/aromatic N) is 5. The van der Waals surface area contributed by atoms with Crippen LogP contribution in [0.2, 0.25) is 0 Å². The Kier molecular flexibility index (Phi) is 5.53. The summed E-state index contributed by atoms with van der Waals surface area (Å²) in [7, 11) is 1.65. The van der Waals surface area contributed by atoms with Crippen LogP contribution in [0.5, 0.6) is 11.5 Å². The fourth-order valence-electron chi connectivity index (χ4n) is 3.80. The molecular formula is C21H25N5O2. The van der Waals surface area contributed by atoms with Crippen molar-refractivity contribution in [2.75, 3.05) is 20.2 Å². The van der Waals surface area contributed by atoms with Crippen molar-refractivity contribution in [2.45, 2.75) is 31.8 Å². The van der Waals surface area contributed by atoms with Crippen LogP contribution in [0.3, 0.4) is 0 Å². The molecule has 1 aromatic carbocycles. The molecule has 1 aliphatic rings. The van der Waals surface area contributed by atoms with E-state index in [1.165, 1.54) is 5.56 Å². The van der Waals surface area contributed by atoms with Crippen molar-refractivity contribution in [2.24, 2.45) is 0 Å². The van der Waals surface area contributed by atoms with Crippen LogP contribution in [0.4, 0.5) is 0 Å². The minimum Gasteiger partial charge on any atom is -0.508 e. The van der Waals surface area contributed by atoms with Crippen molar-refractivity contribution in [1.82, 2.24) is 24.9 Å². The summed E-state index contributed by atoms with van der Waals surface area (Å²) in [4.78, 5) is 6.78. The summed E-state index contributed by atoms with van der Waals surface area (Å²) in [5, 5.41) is 18.3. The smallest absolute Gasteiger partial charge is 0.142 e. The Morgan fingerprint density at radius 1 is 1.14 bits per heavy atom. The molecule has 1 N–H and O–H groups in total. The fraction of sp³-hybridized carbons (Fsp3) is 0.381. The van der Waals surface area contributed by atoms with Crippen LogP contribution >= 0.6 is 0 Å². The third kappa shape index (κ3) is 4.31. The summed E-state index contributed by atoms with van der Waals surface area (Å²) >= 11 is 0. The first-order valence-electron chi connectivity index (χ1n) is 9.59. The molecule has 0 aliphatic carbocycles. The standard InChI is InChI=1S/C21H25N5O2/c1-28-21-6-3-9-22-20(21)15-26-14-18(23-24-26)13-25-10-7-16(8-11-25)17-4-2-5-19(27)12-17/h2-6,9,12,14,16,27H,7-8,10-11,13,15H2,1H3. The molecule has 0 amide bonds. The second-order valence-corrected chi connectivity index (χ2v) is 7.21. The number of aromatic nitrogens is 4. The Morgan fingerprint density at radius 2 is 2.00 bits per heavy atom. The molecule has 146 valence electrons. The molecule has 0 spiro atoms. The van der Waals surface area contributed by atoms with Crippen LogP contribution in [0.15, 0.2) is 48.8 Å². The zero-order chi connectivity index (χ0) is 19.3. The van der Waals surface area contributed by atoms with Crippen molar-refractivity contribution in [3.8, 4) is 11.5 Å². The van der Waals surface area contributed by atoms with Gasteiger partial charge in [-0.1, -0.05) is 17.3 Å². The Morgan fingerprint density at radius 3 is 2.79 bits per heavy atom. The van der Waals surface area contributed by atoms with Crippen molar-refractivity contribution in [3.63, 3.8) is 0 Å². The lowest BCUT2D eigenvalue weighted by molar-refractivity contribution is 0.202. The Bertz CT molecular complexity index is 918. The summed E-state index contributed by atoms with van der Waals surface area (Å²) in [5.41, 5.74) is 3.04. The third-order valence-corrected chi connectivity index (χ3v) is 5.28. The maximum atomic E-state index is 9.69. The van der Waals surface area contributed by atoms with E-state index in [4.69, 9.17) is 4.74 Å². The lowest BCUT2D eigenvalue weighted by Crippen LogP contribution is -2.32. The number of phenolic OH excluding ortho intramolecular Hbond substituents is 1. The van der Waals surface area contributed by atoms with Gasteiger partial charge in [-0.15, -0.1) is 5.10 Å². The van der Waals surface area contributed by atoms with Gasteiger partial charge in [0.15, 0.2) is 0 Å². The quantitative estimate of drug-likeness (QED) is 0.710. The molecule has 3 heterocycles.